The molecule has 7 nitrogen and oxygen atoms in total. The fraction of sp³-hybridized carbons (Fsp3) is 0.158. The van der Waals surface area contributed by atoms with Crippen LogP contribution in [0.15, 0.2) is 57.8 Å². The van der Waals surface area contributed by atoms with Crippen molar-refractivity contribution in [2.24, 2.45) is 0 Å². The standard InChI is InChI=1S/C19H15F2N5O2S3/c20-17(21)30-12-7-5-11(6-8-12)22-18-24-25-19(31-18)29-10-16(28)26-9-15(27)23-13-3-1-2-4-14(13)26/h1-8,17H,9-10H2,(H,22,24)(H,23,27). The molecule has 2 heterocycles. The normalized spacial score (nSPS) is 13.1. The number of hydrogen-bond acceptors (Lipinski definition) is 8. The van der Waals surface area contributed by atoms with Gasteiger partial charge in [0.1, 0.15) is 6.54 Å². The summed E-state index contributed by atoms with van der Waals surface area (Å²) in [7, 11) is 0. The molecule has 1 aliphatic heterocycles. The van der Waals surface area contributed by atoms with Gasteiger partial charge in [-0.1, -0.05) is 47.0 Å². The van der Waals surface area contributed by atoms with Crippen LogP contribution in [0, 0.1) is 0 Å². The van der Waals surface area contributed by atoms with Gasteiger partial charge in [0.2, 0.25) is 16.9 Å². The zero-order chi connectivity index (χ0) is 21.8. The SMILES string of the molecule is O=C1CN(C(=O)CSc2nnc(Nc3ccc(SC(F)F)cc3)s2)c2ccccc2N1. The van der Waals surface area contributed by atoms with Gasteiger partial charge in [-0.15, -0.1) is 10.2 Å². The van der Waals surface area contributed by atoms with E-state index in [2.05, 4.69) is 20.8 Å². The molecule has 0 fully saturated rings. The zero-order valence-corrected chi connectivity index (χ0v) is 18.2. The van der Waals surface area contributed by atoms with E-state index in [1.54, 1.807) is 42.5 Å². The highest BCUT2D eigenvalue weighted by Gasteiger charge is 2.26. The van der Waals surface area contributed by atoms with E-state index in [1.165, 1.54) is 28.0 Å². The smallest absolute Gasteiger partial charge is 0.288 e. The summed E-state index contributed by atoms with van der Waals surface area (Å²) in [6.07, 6.45) is 0. The molecule has 31 heavy (non-hydrogen) atoms. The molecule has 2 amide bonds. The third-order valence-corrected chi connectivity index (χ3v) is 6.81. The van der Waals surface area contributed by atoms with Gasteiger partial charge in [0.15, 0.2) is 4.34 Å². The number of carbonyl (C=O) groups is 2. The number of alkyl halides is 2. The Kier molecular flexibility index (Phi) is 6.68. The first-order valence-electron chi connectivity index (χ1n) is 8.95. The second kappa shape index (κ2) is 9.62. The van der Waals surface area contributed by atoms with Crippen LogP contribution in [0.25, 0.3) is 0 Å². The van der Waals surface area contributed by atoms with Crippen molar-refractivity contribution in [2.75, 3.05) is 27.8 Å². The Morgan fingerprint density at radius 2 is 1.97 bits per heavy atom. The van der Waals surface area contributed by atoms with Gasteiger partial charge in [-0.25, -0.2) is 0 Å². The van der Waals surface area contributed by atoms with E-state index in [0.717, 1.165) is 0 Å². The van der Waals surface area contributed by atoms with Gasteiger partial charge >= 0.3 is 0 Å². The second-order valence-electron chi connectivity index (χ2n) is 6.23. The average molecular weight is 480 g/mol. The van der Waals surface area contributed by atoms with E-state index in [4.69, 9.17) is 0 Å². The molecule has 4 rings (SSSR count). The molecule has 3 aromatic rings. The molecular formula is C19H15F2N5O2S3. The second-order valence-corrected chi connectivity index (χ2v) is 9.50. The van der Waals surface area contributed by atoms with Crippen LogP contribution in [-0.2, 0) is 9.59 Å². The number of nitrogens with one attached hydrogen (secondary N) is 2. The molecule has 1 aliphatic rings. The predicted molar refractivity (Wildman–Crippen MR) is 120 cm³/mol. The van der Waals surface area contributed by atoms with Crippen LogP contribution in [0.5, 0.6) is 0 Å². The number of fused-ring (bicyclic) bond motifs is 1. The van der Waals surface area contributed by atoms with E-state index in [9.17, 15) is 18.4 Å². The predicted octanol–water partition coefficient (Wildman–Crippen LogP) is 4.67. The molecular weight excluding hydrogens is 464 g/mol. The molecule has 2 N–H and O–H groups in total. The maximum absolute atomic E-state index is 12.7. The van der Waals surface area contributed by atoms with Crippen molar-refractivity contribution in [1.29, 1.82) is 0 Å². The Labute approximate surface area is 188 Å². The van der Waals surface area contributed by atoms with Crippen molar-refractivity contribution in [2.45, 2.75) is 15.0 Å². The maximum Gasteiger partial charge on any atom is 0.288 e. The molecule has 1 aromatic heterocycles. The molecule has 0 aliphatic carbocycles. The van der Waals surface area contributed by atoms with Crippen molar-refractivity contribution >= 4 is 68.9 Å². The number of anilines is 4. The number of amides is 2. The summed E-state index contributed by atoms with van der Waals surface area (Å²) >= 11 is 2.99. The highest BCUT2D eigenvalue weighted by Crippen LogP contribution is 2.32. The van der Waals surface area contributed by atoms with Gasteiger partial charge in [-0.05, 0) is 36.4 Å². The number of carbonyl (C=O) groups excluding carboxylic acids is 2. The molecule has 0 atom stereocenters. The number of halogens is 2. The van der Waals surface area contributed by atoms with Crippen molar-refractivity contribution in [3.05, 3.63) is 48.5 Å². The van der Waals surface area contributed by atoms with E-state index < -0.39 is 5.76 Å². The Bertz CT molecular complexity index is 1090. The first kappa shape index (κ1) is 21.5. The Balaban J connectivity index is 1.34. The van der Waals surface area contributed by atoms with Crippen molar-refractivity contribution in [1.82, 2.24) is 10.2 Å². The molecule has 0 spiro atoms. The van der Waals surface area contributed by atoms with Gasteiger partial charge < -0.3 is 15.5 Å². The van der Waals surface area contributed by atoms with Crippen LogP contribution in [-0.4, -0.2) is 40.1 Å². The number of nitrogens with zero attached hydrogens (tertiary/aromatic N) is 3. The fourth-order valence-electron chi connectivity index (χ4n) is 2.82. The summed E-state index contributed by atoms with van der Waals surface area (Å²) in [5, 5.41) is 14.4. The number of para-hydroxylation sites is 2. The lowest BCUT2D eigenvalue weighted by Gasteiger charge is -2.28. The van der Waals surface area contributed by atoms with Crippen LogP contribution in [0.3, 0.4) is 0 Å². The third kappa shape index (κ3) is 5.51. The Morgan fingerprint density at radius 1 is 1.19 bits per heavy atom. The van der Waals surface area contributed by atoms with Gasteiger partial charge in [0.25, 0.3) is 5.76 Å². The topological polar surface area (TPSA) is 87.2 Å². The number of thioether (sulfide) groups is 2. The van der Waals surface area contributed by atoms with Gasteiger partial charge in [-0.3, -0.25) is 9.59 Å². The van der Waals surface area contributed by atoms with E-state index in [0.29, 0.717) is 43.2 Å². The van der Waals surface area contributed by atoms with Crippen LogP contribution in [0.2, 0.25) is 0 Å². The molecule has 0 saturated heterocycles. The number of aromatic nitrogens is 2. The minimum atomic E-state index is -2.46. The molecule has 2 aromatic carbocycles. The summed E-state index contributed by atoms with van der Waals surface area (Å²) in [5.74, 6) is -2.80. The highest BCUT2D eigenvalue weighted by atomic mass is 32.2. The average Bonchev–Trinajstić information content (AvgIpc) is 3.19. The lowest BCUT2D eigenvalue weighted by Crippen LogP contribution is -2.43. The summed E-state index contributed by atoms with van der Waals surface area (Å²) in [6.45, 7) is -0.0286. The number of benzene rings is 2. The van der Waals surface area contributed by atoms with E-state index in [-0.39, 0.29) is 24.1 Å². The molecule has 0 unspecified atom stereocenters. The minimum absolute atomic E-state index is 0.0286. The molecule has 0 saturated carbocycles. The molecule has 12 heteroatoms. The minimum Gasteiger partial charge on any atom is -0.330 e. The van der Waals surface area contributed by atoms with Crippen LogP contribution >= 0.6 is 34.9 Å². The largest absolute Gasteiger partial charge is 0.330 e. The lowest BCUT2D eigenvalue weighted by molar-refractivity contribution is -0.120. The third-order valence-electron chi connectivity index (χ3n) is 4.13. The fourth-order valence-corrected chi connectivity index (χ4v) is 4.97. The van der Waals surface area contributed by atoms with Crippen molar-refractivity contribution < 1.29 is 18.4 Å². The number of rotatable bonds is 7. The molecule has 0 radical (unpaired) electrons. The summed E-state index contributed by atoms with van der Waals surface area (Å²) in [5.41, 5.74) is 1.97. The van der Waals surface area contributed by atoms with Crippen molar-refractivity contribution in [3.63, 3.8) is 0 Å². The van der Waals surface area contributed by atoms with Crippen molar-refractivity contribution in [3.8, 4) is 0 Å². The summed E-state index contributed by atoms with van der Waals surface area (Å²) in [6, 6.07) is 13.7. The van der Waals surface area contributed by atoms with Crippen LogP contribution in [0.1, 0.15) is 0 Å². The zero-order valence-electron chi connectivity index (χ0n) is 15.7. The molecule has 0 bridgehead atoms. The lowest BCUT2D eigenvalue weighted by atomic mass is 10.2. The highest BCUT2D eigenvalue weighted by molar-refractivity contribution is 8.01. The first-order valence-corrected chi connectivity index (χ1v) is 11.6. The first-order chi connectivity index (χ1) is 15.0. The summed E-state index contributed by atoms with van der Waals surface area (Å²) in [4.78, 5) is 26.5. The number of hydrogen-bond donors (Lipinski definition) is 2. The summed E-state index contributed by atoms with van der Waals surface area (Å²) < 4.78 is 25.4. The van der Waals surface area contributed by atoms with E-state index in [1.807, 2.05) is 6.07 Å². The monoisotopic (exact) mass is 479 g/mol. The van der Waals surface area contributed by atoms with Gasteiger partial charge in [0.05, 0.1) is 17.1 Å². The van der Waals surface area contributed by atoms with Gasteiger partial charge in [-0.2, -0.15) is 8.78 Å². The Hall–Kier alpha value is -2.70. The van der Waals surface area contributed by atoms with Crippen LogP contribution in [0.4, 0.5) is 31.0 Å². The van der Waals surface area contributed by atoms with Crippen LogP contribution < -0.4 is 15.5 Å². The quantitative estimate of drug-likeness (QED) is 0.476. The Morgan fingerprint density at radius 3 is 2.74 bits per heavy atom. The molecule has 160 valence electrons. The van der Waals surface area contributed by atoms with Gasteiger partial charge in [0, 0.05) is 10.6 Å². The van der Waals surface area contributed by atoms with E-state index >= 15 is 0 Å². The maximum atomic E-state index is 12.7.